The molecule has 0 radical (unpaired) electrons. The molecule has 2 rings (SSSR count). The van der Waals surface area contributed by atoms with Gasteiger partial charge in [0.2, 0.25) is 0 Å². The predicted octanol–water partition coefficient (Wildman–Crippen LogP) is 5.36. The van der Waals surface area contributed by atoms with Crippen molar-refractivity contribution in [1.82, 2.24) is 0 Å². The SMILES string of the molecule is Cc1cc(O[C@@H](C)C(=O)Nc2cc(Cl)ccc2Cl)ccc1Cl. The van der Waals surface area contributed by atoms with Crippen molar-refractivity contribution in [2.75, 3.05) is 5.32 Å². The lowest BCUT2D eigenvalue weighted by Crippen LogP contribution is -2.30. The zero-order valence-corrected chi connectivity index (χ0v) is 14.3. The minimum absolute atomic E-state index is 0.322. The van der Waals surface area contributed by atoms with Crippen LogP contribution in [0.4, 0.5) is 5.69 Å². The Labute approximate surface area is 144 Å². The highest BCUT2D eigenvalue weighted by molar-refractivity contribution is 6.35. The molecule has 0 aromatic heterocycles. The minimum atomic E-state index is -0.698. The van der Waals surface area contributed by atoms with Gasteiger partial charge in [-0.25, -0.2) is 0 Å². The van der Waals surface area contributed by atoms with Crippen LogP contribution >= 0.6 is 34.8 Å². The van der Waals surface area contributed by atoms with E-state index in [4.69, 9.17) is 39.5 Å². The summed E-state index contributed by atoms with van der Waals surface area (Å²) in [4.78, 5) is 12.2. The number of hydrogen-bond donors (Lipinski definition) is 1. The van der Waals surface area contributed by atoms with E-state index in [1.54, 1.807) is 43.3 Å². The predicted molar refractivity (Wildman–Crippen MR) is 91.4 cm³/mol. The molecule has 0 saturated heterocycles. The van der Waals surface area contributed by atoms with Crippen molar-refractivity contribution < 1.29 is 9.53 Å². The summed E-state index contributed by atoms with van der Waals surface area (Å²) in [5, 5.41) is 4.24. The Balaban J connectivity index is 2.05. The quantitative estimate of drug-likeness (QED) is 0.799. The Morgan fingerprint density at radius 3 is 2.45 bits per heavy atom. The normalized spacial score (nSPS) is 11.9. The molecule has 3 nitrogen and oxygen atoms in total. The first-order valence-corrected chi connectivity index (χ1v) is 7.69. The van der Waals surface area contributed by atoms with E-state index in [2.05, 4.69) is 5.32 Å². The molecular formula is C16H14Cl3NO2. The Hall–Kier alpha value is -1.42. The summed E-state index contributed by atoms with van der Waals surface area (Å²) in [5.74, 6) is 0.249. The van der Waals surface area contributed by atoms with Gasteiger partial charge in [0.1, 0.15) is 5.75 Å². The number of halogens is 3. The van der Waals surface area contributed by atoms with E-state index in [0.29, 0.717) is 26.5 Å². The van der Waals surface area contributed by atoms with Crippen molar-refractivity contribution in [3.63, 3.8) is 0 Å². The van der Waals surface area contributed by atoms with Crippen LogP contribution in [0.1, 0.15) is 12.5 Å². The third-order valence-electron chi connectivity index (χ3n) is 3.00. The van der Waals surface area contributed by atoms with Crippen LogP contribution in [0.15, 0.2) is 36.4 Å². The molecule has 1 N–H and O–H groups in total. The van der Waals surface area contributed by atoms with Gasteiger partial charge < -0.3 is 10.1 Å². The Morgan fingerprint density at radius 1 is 1.09 bits per heavy atom. The second kappa shape index (κ2) is 7.23. The second-order valence-corrected chi connectivity index (χ2v) is 6.04. The molecule has 0 spiro atoms. The van der Waals surface area contributed by atoms with E-state index in [0.717, 1.165) is 5.56 Å². The van der Waals surface area contributed by atoms with Gasteiger partial charge in [-0.3, -0.25) is 4.79 Å². The van der Waals surface area contributed by atoms with Crippen molar-refractivity contribution in [2.45, 2.75) is 20.0 Å². The molecule has 0 heterocycles. The first-order valence-electron chi connectivity index (χ1n) is 6.55. The van der Waals surface area contributed by atoms with Crippen LogP contribution in [0.25, 0.3) is 0 Å². The van der Waals surface area contributed by atoms with Crippen LogP contribution in [0.5, 0.6) is 5.75 Å². The summed E-state index contributed by atoms with van der Waals surface area (Å²) < 4.78 is 5.61. The lowest BCUT2D eigenvalue weighted by atomic mass is 10.2. The molecule has 2 aromatic carbocycles. The van der Waals surface area contributed by atoms with Gasteiger partial charge in [0.05, 0.1) is 10.7 Å². The van der Waals surface area contributed by atoms with E-state index < -0.39 is 6.10 Å². The molecule has 2 aromatic rings. The Kier molecular flexibility index (Phi) is 5.57. The minimum Gasteiger partial charge on any atom is -0.481 e. The van der Waals surface area contributed by atoms with E-state index in [1.165, 1.54) is 0 Å². The van der Waals surface area contributed by atoms with Gasteiger partial charge in [-0.1, -0.05) is 34.8 Å². The number of carbonyl (C=O) groups is 1. The van der Waals surface area contributed by atoms with Crippen LogP contribution in [0, 0.1) is 6.92 Å². The fourth-order valence-electron chi connectivity index (χ4n) is 1.78. The monoisotopic (exact) mass is 357 g/mol. The summed E-state index contributed by atoms with van der Waals surface area (Å²) in [6.45, 7) is 3.52. The van der Waals surface area contributed by atoms with Gasteiger partial charge in [0.25, 0.3) is 5.91 Å². The average Bonchev–Trinajstić information content (AvgIpc) is 2.46. The highest BCUT2D eigenvalue weighted by atomic mass is 35.5. The summed E-state index contributed by atoms with van der Waals surface area (Å²) in [7, 11) is 0. The van der Waals surface area contributed by atoms with Crippen LogP contribution in [-0.2, 0) is 4.79 Å². The number of amides is 1. The lowest BCUT2D eigenvalue weighted by Gasteiger charge is -2.16. The zero-order valence-electron chi connectivity index (χ0n) is 12.0. The van der Waals surface area contributed by atoms with Gasteiger partial charge in [-0.05, 0) is 55.8 Å². The Bertz CT molecular complexity index is 704. The summed E-state index contributed by atoms with van der Waals surface area (Å²) in [6, 6.07) is 10.1. The smallest absolute Gasteiger partial charge is 0.265 e. The number of aryl methyl sites for hydroxylation is 1. The molecule has 0 bridgehead atoms. The summed E-state index contributed by atoms with van der Waals surface area (Å²) >= 11 is 17.9. The molecule has 1 amide bonds. The maximum atomic E-state index is 12.2. The van der Waals surface area contributed by atoms with E-state index in [9.17, 15) is 4.79 Å². The maximum Gasteiger partial charge on any atom is 0.265 e. The number of carbonyl (C=O) groups excluding carboxylic acids is 1. The fourth-order valence-corrected chi connectivity index (χ4v) is 2.23. The van der Waals surface area contributed by atoms with E-state index >= 15 is 0 Å². The molecule has 0 unspecified atom stereocenters. The number of anilines is 1. The number of rotatable bonds is 4. The number of ether oxygens (including phenoxy) is 1. The first kappa shape index (κ1) is 16.9. The maximum absolute atomic E-state index is 12.2. The van der Waals surface area contributed by atoms with Crippen molar-refractivity contribution in [3.8, 4) is 5.75 Å². The summed E-state index contributed by atoms with van der Waals surface area (Å²) in [6.07, 6.45) is -0.698. The van der Waals surface area contributed by atoms with Gasteiger partial charge in [0.15, 0.2) is 6.10 Å². The van der Waals surface area contributed by atoms with Gasteiger partial charge in [0, 0.05) is 10.0 Å². The van der Waals surface area contributed by atoms with Gasteiger partial charge in [-0.15, -0.1) is 0 Å². The van der Waals surface area contributed by atoms with Crippen LogP contribution < -0.4 is 10.1 Å². The molecule has 0 aliphatic carbocycles. The van der Waals surface area contributed by atoms with Crippen LogP contribution in [0.2, 0.25) is 15.1 Å². The van der Waals surface area contributed by atoms with Crippen LogP contribution in [-0.4, -0.2) is 12.0 Å². The van der Waals surface area contributed by atoms with E-state index in [1.807, 2.05) is 6.92 Å². The molecule has 1 atom stereocenters. The second-order valence-electron chi connectivity index (χ2n) is 4.78. The lowest BCUT2D eigenvalue weighted by molar-refractivity contribution is -0.122. The molecule has 0 aliphatic rings. The van der Waals surface area contributed by atoms with Crippen LogP contribution in [0.3, 0.4) is 0 Å². The number of hydrogen-bond acceptors (Lipinski definition) is 2. The fraction of sp³-hybridized carbons (Fsp3) is 0.188. The molecule has 116 valence electrons. The first-order chi connectivity index (χ1) is 10.4. The molecule has 0 fully saturated rings. The average molecular weight is 359 g/mol. The van der Waals surface area contributed by atoms with Crippen molar-refractivity contribution in [1.29, 1.82) is 0 Å². The van der Waals surface area contributed by atoms with E-state index in [-0.39, 0.29) is 5.91 Å². The highest BCUT2D eigenvalue weighted by Gasteiger charge is 2.16. The molecule has 0 saturated carbocycles. The molecule has 22 heavy (non-hydrogen) atoms. The molecular weight excluding hydrogens is 345 g/mol. The van der Waals surface area contributed by atoms with Crippen molar-refractivity contribution in [3.05, 3.63) is 57.0 Å². The largest absolute Gasteiger partial charge is 0.481 e. The summed E-state index contributed by atoms with van der Waals surface area (Å²) in [5.41, 5.74) is 1.33. The topological polar surface area (TPSA) is 38.3 Å². The van der Waals surface area contributed by atoms with Crippen molar-refractivity contribution in [2.24, 2.45) is 0 Å². The molecule has 6 heteroatoms. The third kappa shape index (κ3) is 4.29. The van der Waals surface area contributed by atoms with Crippen molar-refractivity contribution >= 4 is 46.4 Å². The highest BCUT2D eigenvalue weighted by Crippen LogP contribution is 2.26. The number of benzene rings is 2. The molecule has 0 aliphatic heterocycles. The third-order valence-corrected chi connectivity index (χ3v) is 3.99. The number of nitrogens with one attached hydrogen (secondary N) is 1. The Morgan fingerprint density at radius 2 is 1.77 bits per heavy atom. The van der Waals surface area contributed by atoms with Gasteiger partial charge in [-0.2, -0.15) is 0 Å². The standard InChI is InChI=1S/C16H14Cl3NO2/c1-9-7-12(4-6-13(9)18)22-10(2)16(21)20-15-8-11(17)3-5-14(15)19/h3-8,10H,1-2H3,(H,20,21)/t10-/m0/s1. The van der Waals surface area contributed by atoms with Gasteiger partial charge >= 0.3 is 0 Å². The zero-order chi connectivity index (χ0) is 16.3.